The van der Waals surface area contributed by atoms with Gasteiger partial charge in [0.25, 0.3) is 0 Å². The molecule has 0 saturated carbocycles. The highest BCUT2D eigenvalue weighted by molar-refractivity contribution is 5.83. The Morgan fingerprint density at radius 2 is 1.71 bits per heavy atom. The first kappa shape index (κ1) is 13.5. The van der Waals surface area contributed by atoms with E-state index in [-0.39, 0.29) is 18.6 Å². The Balaban J connectivity index is 3.87. The highest BCUT2D eigenvalue weighted by Gasteiger charge is 2.29. The van der Waals surface area contributed by atoms with Crippen molar-refractivity contribution >= 4 is 5.78 Å². The van der Waals surface area contributed by atoms with E-state index in [2.05, 4.69) is 0 Å². The van der Waals surface area contributed by atoms with E-state index in [0.29, 0.717) is 6.42 Å². The Bertz CT molecular complexity index is 194. The highest BCUT2D eigenvalue weighted by Crippen LogP contribution is 2.27. The number of hydrogen-bond donors (Lipinski definition) is 0. The van der Waals surface area contributed by atoms with E-state index < -0.39 is 18.0 Å². The fourth-order valence-electron chi connectivity index (χ4n) is 0.985. The maximum absolute atomic E-state index is 11.8. The Labute approximate surface area is 82.7 Å². The van der Waals surface area contributed by atoms with Crippen LogP contribution in [0.4, 0.5) is 13.2 Å². The minimum atomic E-state index is -4.14. The molecule has 84 valence electrons. The van der Waals surface area contributed by atoms with Crippen LogP contribution in [0.1, 0.15) is 46.5 Å². The van der Waals surface area contributed by atoms with Crippen LogP contribution in [0.3, 0.4) is 0 Å². The first-order chi connectivity index (χ1) is 6.19. The molecule has 0 heterocycles. The number of alkyl halides is 3. The molecule has 0 aromatic carbocycles. The van der Waals surface area contributed by atoms with Gasteiger partial charge in [0.2, 0.25) is 0 Å². The number of hydrogen-bond acceptors (Lipinski definition) is 1. The van der Waals surface area contributed by atoms with Gasteiger partial charge in [0.05, 0.1) is 0 Å². The molecular weight excluding hydrogens is 193 g/mol. The van der Waals surface area contributed by atoms with Crippen LogP contribution in [-0.2, 0) is 4.79 Å². The van der Waals surface area contributed by atoms with Gasteiger partial charge in [0, 0.05) is 18.3 Å². The summed E-state index contributed by atoms with van der Waals surface area (Å²) >= 11 is 0. The SMILES string of the molecule is CCC(C)(C)C(=O)CCCC(F)(F)F. The Kier molecular flexibility index (Phi) is 4.62. The normalized spacial score (nSPS) is 13.0. The lowest BCUT2D eigenvalue weighted by Crippen LogP contribution is -2.23. The summed E-state index contributed by atoms with van der Waals surface area (Å²) in [4.78, 5) is 11.4. The number of ketones is 1. The Morgan fingerprint density at radius 3 is 2.07 bits per heavy atom. The zero-order chi connectivity index (χ0) is 11.4. The van der Waals surface area contributed by atoms with Crippen LogP contribution in [0, 0.1) is 5.41 Å². The van der Waals surface area contributed by atoms with Crippen molar-refractivity contribution in [2.45, 2.75) is 52.6 Å². The summed E-state index contributed by atoms with van der Waals surface area (Å²) in [7, 11) is 0. The van der Waals surface area contributed by atoms with Crippen LogP contribution in [0.25, 0.3) is 0 Å². The summed E-state index contributed by atoms with van der Waals surface area (Å²) in [5.74, 6) is -0.0794. The van der Waals surface area contributed by atoms with Crippen molar-refractivity contribution in [1.29, 1.82) is 0 Å². The topological polar surface area (TPSA) is 17.1 Å². The molecule has 0 aliphatic rings. The largest absolute Gasteiger partial charge is 0.389 e. The van der Waals surface area contributed by atoms with Gasteiger partial charge in [0.15, 0.2) is 0 Å². The van der Waals surface area contributed by atoms with E-state index >= 15 is 0 Å². The molecular formula is C10H17F3O. The summed E-state index contributed by atoms with van der Waals surface area (Å²) in [6, 6.07) is 0. The van der Waals surface area contributed by atoms with Gasteiger partial charge in [-0.25, -0.2) is 0 Å². The number of carbonyl (C=O) groups excluding carboxylic acids is 1. The summed E-state index contributed by atoms with van der Waals surface area (Å²) in [6.07, 6.45) is -4.40. The van der Waals surface area contributed by atoms with E-state index in [1.165, 1.54) is 0 Å². The fraction of sp³-hybridized carbons (Fsp3) is 0.900. The van der Waals surface area contributed by atoms with E-state index in [4.69, 9.17) is 0 Å². The summed E-state index contributed by atoms with van der Waals surface area (Å²) < 4.78 is 35.3. The summed E-state index contributed by atoms with van der Waals surface area (Å²) in [5.41, 5.74) is -0.481. The molecule has 4 heteroatoms. The minimum Gasteiger partial charge on any atom is -0.299 e. The zero-order valence-electron chi connectivity index (χ0n) is 8.87. The molecule has 0 N–H and O–H groups in total. The maximum Gasteiger partial charge on any atom is 0.389 e. The van der Waals surface area contributed by atoms with Gasteiger partial charge in [-0.3, -0.25) is 4.79 Å². The molecule has 14 heavy (non-hydrogen) atoms. The van der Waals surface area contributed by atoms with Gasteiger partial charge in [-0.1, -0.05) is 20.8 Å². The molecule has 0 spiro atoms. The van der Waals surface area contributed by atoms with Gasteiger partial charge in [0.1, 0.15) is 5.78 Å². The Morgan fingerprint density at radius 1 is 1.21 bits per heavy atom. The van der Waals surface area contributed by atoms with Crippen molar-refractivity contribution in [3.8, 4) is 0 Å². The molecule has 0 radical (unpaired) electrons. The molecule has 0 atom stereocenters. The van der Waals surface area contributed by atoms with Crippen LogP contribution in [-0.4, -0.2) is 12.0 Å². The third-order valence-corrected chi connectivity index (χ3v) is 2.50. The first-order valence-electron chi connectivity index (χ1n) is 4.79. The number of halogens is 3. The van der Waals surface area contributed by atoms with Crippen molar-refractivity contribution < 1.29 is 18.0 Å². The van der Waals surface area contributed by atoms with Crippen LogP contribution in [0.5, 0.6) is 0 Å². The van der Waals surface area contributed by atoms with Crippen LogP contribution in [0.2, 0.25) is 0 Å². The number of Topliss-reactive ketones (excluding diaryl/α,β-unsaturated/α-hetero) is 1. The zero-order valence-corrected chi connectivity index (χ0v) is 8.87. The molecule has 0 bridgehead atoms. The molecule has 0 aromatic heterocycles. The molecule has 0 aliphatic heterocycles. The van der Waals surface area contributed by atoms with E-state index in [9.17, 15) is 18.0 Å². The maximum atomic E-state index is 11.8. The van der Waals surface area contributed by atoms with Gasteiger partial charge >= 0.3 is 6.18 Å². The quantitative estimate of drug-likeness (QED) is 0.675. The first-order valence-corrected chi connectivity index (χ1v) is 4.79. The predicted octanol–water partition coefficient (Wildman–Crippen LogP) is 3.72. The minimum absolute atomic E-state index is 0.0281. The lowest BCUT2D eigenvalue weighted by atomic mass is 9.83. The molecule has 0 aromatic rings. The third-order valence-electron chi connectivity index (χ3n) is 2.50. The average Bonchev–Trinajstić information content (AvgIpc) is 2.02. The van der Waals surface area contributed by atoms with Gasteiger partial charge < -0.3 is 0 Å². The lowest BCUT2D eigenvalue weighted by Gasteiger charge is -2.20. The van der Waals surface area contributed by atoms with E-state index in [1.807, 2.05) is 6.92 Å². The molecule has 0 rings (SSSR count). The highest BCUT2D eigenvalue weighted by atomic mass is 19.4. The summed E-state index contributed by atoms with van der Waals surface area (Å²) in [5, 5.41) is 0. The number of carbonyl (C=O) groups is 1. The van der Waals surface area contributed by atoms with Gasteiger partial charge in [-0.05, 0) is 12.8 Å². The van der Waals surface area contributed by atoms with Crippen LogP contribution >= 0.6 is 0 Å². The second-order valence-electron chi connectivity index (χ2n) is 4.13. The summed E-state index contributed by atoms with van der Waals surface area (Å²) in [6.45, 7) is 5.40. The van der Waals surface area contributed by atoms with E-state index in [1.54, 1.807) is 13.8 Å². The predicted molar refractivity (Wildman–Crippen MR) is 49.0 cm³/mol. The second-order valence-corrected chi connectivity index (χ2v) is 4.13. The second kappa shape index (κ2) is 4.80. The van der Waals surface area contributed by atoms with Crippen molar-refractivity contribution in [1.82, 2.24) is 0 Å². The molecule has 0 amide bonds. The molecule has 0 aliphatic carbocycles. The molecule has 1 nitrogen and oxygen atoms in total. The smallest absolute Gasteiger partial charge is 0.299 e. The standard InChI is InChI=1S/C10H17F3O/c1-4-9(2,3)8(14)6-5-7-10(11,12)13/h4-7H2,1-3H3. The van der Waals surface area contributed by atoms with E-state index in [0.717, 1.165) is 0 Å². The van der Waals surface area contributed by atoms with Crippen molar-refractivity contribution in [3.63, 3.8) is 0 Å². The van der Waals surface area contributed by atoms with Crippen molar-refractivity contribution in [2.75, 3.05) is 0 Å². The Hall–Kier alpha value is -0.540. The number of rotatable bonds is 5. The molecule has 0 saturated heterocycles. The molecule has 0 unspecified atom stereocenters. The average molecular weight is 210 g/mol. The molecule has 0 fully saturated rings. The third kappa shape index (κ3) is 5.25. The van der Waals surface area contributed by atoms with Gasteiger partial charge in [-0.15, -0.1) is 0 Å². The van der Waals surface area contributed by atoms with Crippen molar-refractivity contribution in [3.05, 3.63) is 0 Å². The van der Waals surface area contributed by atoms with Crippen LogP contribution in [0.15, 0.2) is 0 Å². The van der Waals surface area contributed by atoms with Crippen LogP contribution < -0.4 is 0 Å². The lowest BCUT2D eigenvalue weighted by molar-refractivity contribution is -0.138. The monoisotopic (exact) mass is 210 g/mol. The van der Waals surface area contributed by atoms with Gasteiger partial charge in [-0.2, -0.15) is 13.2 Å². The van der Waals surface area contributed by atoms with Crippen molar-refractivity contribution in [2.24, 2.45) is 5.41 Å². The fourth-order valence-corrected chi connectivity index (χ4v) is 0.985.